The summed E-state index contributed by atoms with van der Waals surface area (Å²) in [7, 11) is 0.185. The van der Waals surface area contributed by atoms with Crippen molar-refractivity contribution in [1.82, 2.24) is 0 Å². The molecule has 100 valence electrons. The van der Waals surface area contributed by atoms with E-state index in [4.69, 9.17) is 24.3 Å². The molecule has 0 aliphatic rings. The standard InChI is InChI=1S/C12H19BO5/c1-16-5-6-17-7-8-18-10-11-3-2-4-12(9-11)13(14)15/h2-4,9,14-15H,5-8,10H2,1H3. The summed E-state index contributed by atoms with van der Waals surface area (Å²) in [4.78, 5) is 0. The minimum atomic E-state index is -1.44. The molecule has 1 aromatic carbocycles. The molecular formula is C12H19BO5. The second-order valence-corrected chi connectivity index (χ2v) is 3.78. The van der Waals surface area contributed by atoms with Gasteiger partial charge in [-0.1, -0.05) is 24.3 Å². The van der Waals surface area contributed by atoms with Crippen LogP contribution < -0.4 is 5.46 Å². The lowest BCUT2D eigenvalue weighted by molar-refractivity contribution is 0.0200. The van der Waals surface area contributed by atoms with E-state index in [1.54, 1.807) is 25.3 Å². The number of benzene rings is 1. The fourth-order valence-corrected chi connectivity index (χ4v) is 1.40. The summed E-state index contributed by atoms with van der Waals surface area (Å²) in [6.45, 7) is 2.58. The van der Waals surface area contributed by atoms with Crippen LogP contribution in [0.5, 0.6) is 0 Å². The molecule has 0 amide bonds. The first-order chi connectivity index (χ1) is 8.74. The van der Waals surface area contributed by atoms with Crippen LogP contribution in [-0.4, -0.2) is 50.7 Å². The first kappa shape index (κ1) is 15.1. The van der Waals surface area contributed by atoms with Crippen LogP contribution in [0.15, 0.2) is 24.3 Å². The van der Waals surface area contributed by atoms with Crippen molar-refractivity contribution >= 4 is 12.6 Å². The first-order valence-electron chi connectivity index (χ1n) is 5.83. The Morgan fingerprint density at radius 2 is 1.78 bits per heavy atom. The highest BCUT2D eigenvalue weighted by Gasteiger charge is 2.10. The van der Waals surface area contributed by atoms with Gasteiger partial charge in [0.1, 0.15) is 0 Å². The maximum Gasteiger partial charge on any atom is 0.488 e. The van der Waals surface area contributed by atoms with Crippen LogP contribution in [0.3, 0.4) is 0 Å². The molecule has 0 atom stereocenters. The zero-order chi connectivity index (χ0) is 13.2. The number of hydrogen-bond donors (Lipinski definition) is 2. The van der Waals surface area contributed by atoms with Gasteiger partial charge in [0, 0.05) is 7.11 Å². The van der Waals surface area contributed by atoms with E-state index < -0.39 is 7.12 Å². The molecule has 0 radical (unpaired) electrons. The molecule has 0 aliphatic carbocycles. The third-order valence-corrected chi connectivity index (χ3v) is 2.32. The Bertz CT molecular complexity index is 332. The molecule has 0 aliphatic heterocycles. The predicted octanol–water partition coefficient (Wildman–Crippen LogP) is -0.454. The molecule has 0 spiro atoms. The minimum absolute atomic E-state index is 0.425. The summed E-state index contributed by atoms with van der Waals surface area (Å²) in [5, 5.41) is 18.0. The van der Waals surface area contributed by atoms with Crippen LogP contribution in [0.25, 0.3) is 0 Å². The van der Waals surface area contributed by atoms with E-state index >= 15 is 0 Å². The zero-order valence-electron chi connectivity index (χ0n) is 10.5. The largest absolute Gasteiger partial charge is 0.488 e. The first-order valence-corrected chi connectivity index (χ1v) is 5.83. The number of methoxy groups -OCH3 is 1. The molecule has 0 heterocycles. The number of ether oxygens (including phenoxy) is 3. The van der Waals surface area contributed by atoms with Crippen molar-refractivity contribution < 1.29 is 24.3 Å². The van der Waals surface area contributed by atoms with E-state index in [9.17, 15) is 0 Å². The van der Waals surface area contributed by atoms with Gasteiger partial charge in [0.15, 0.2) is 0 Å². The molecular weight excluding hydrogens is 235 g/mol. The average molecular weight is 254 g/mol. The van der Waals surface area contributed by atoms with E-state index in [2.05, 4.69) is 0 Å². The smallest absolute Gasteiger partial charge is 0.423 e. The van der Waals surface area contributed by atoms with Crippen molar-refractivity contribution in [3.05, 3.63) is 29.8 Å². The molecule has 0 unspecified atom stereocenters. The van der Waals surface area contributed by atoms with Gasteiger partial charge in [0.25, 0.3) is 0 Å². The van der Waals surface area contributed by atoms with Gasteiger partial charge in [-0.3, -0.25) is 0 Å². The van der Waals surface area contributed by atoms with Crippen LogP contribution in [-0.2, 0) is 20.8 Å². The van der Waals surface area contributed by atoms with Crippen LogP contribution in [0.1, 0.15) is 5.56 Å². The third kappa shape index (κ3) is 6.14. The fourth-order valence-electron chi connectivity index (χ4n) is 1.40. The zero-order valence-corrected chi connectivity index (χ0v) is 10.5. The third-order valence-electron chi connectivity index (χ3n) is 2.32. The van der Waals surface area contributed by atoms with Crippen LogP contribution >= 0.6 is 0 Å². The second-order valence-electron chi connectivity index (χ2n) is 3.78. The molecule has 5 nitrogen and oxygen atoms in total. The molecule has 0 bridgehead atoms. The number of hydrogen-bond acceptors (Lipinski definition) is 5. The van der Waals surface area contributed by atoms with E-state index in [-0.39, 0.29) is 0 Å². The van der Waals surface area contributed by atoms with Gasteiger partial charge in [0.05, 0.1) is 33.0 Å². The molecule has 1 rings (SSSR count). The maximum atomic E-state index is 9.02. The molecule has 18 heavy (non-hydrogen) atoms. The maximum absolute atomic E-state index is 9.02. The lowest BCUT2D eigenvalue weighted by Gasteiger charge is -2.07. The summed E-state index contributed by atoms with van der Waals surface area (Å²) < 4.78 is 15.5. The quantitative estimate of drug-likeness (QED) is 0.461. The Balaban J connectivity index is 2.17. The van der Waals surface area contributed by atoms with Crippen molar-refractivity contribution in [1.29, 1.82) is 0 Å². The van der Waals surface area contributed by atoms with Gasteiger partial charge in [0.2, 0.25) is 0 Å². The Kier molecular flexibility index (Phi) is 7.63. The molecule has 0 aromatic heterocycles. The summed E-state index contributed by atoms with van der Waals surface area (Å²) >= 11 is 0. The van der Waals surface area contributed by atoms with Gasteiger partial charge in [-0.2, -0.15) is 0 Å². The van der Waals surface area contributed by atoms with Crippen molar-refractivity contribution in [3.63, 3.8) is 0 Å². The van der Waals surface area contributed by atoms with Gasteiger partial charge in [-0.05, 0) is 11.0 Å². The summed E-state index contributed by atoms with van der Waals surface area (Å²) in [5.74, 6) is 0. The molecule has 1 aromatic rings. The van der Waals surface area contributed by atoms with Crippen molar-refractivity contribution in [2.45, 2.75) is 6.61 Å². The topological polar surface area (TPSA) is 68.2 Å². The molecule has 2 N–H and O–H groups in total. The van der Waals surface area contributed by atoms with E-state index in [1.807, 2.05) is 6.07 Å². The average Bonchev–Trinajstić information content (AvgIpc) is 2.38. The predicted molar refractivity (Wildman–Crippen MR) is 68.6 cm³/mol. The fraction of sp³-hybridized carbons (Fsp3) is 0.500. The molecule has 0 fully saturated rings. The highest BCUT2D eigenvalue weighted by molar-refractivity contribution is 6.58. The Morgan fingerprint density at radius 1 is 1.06 bits per heavy atom. The monoisotopic (exact) mass is 254 g/mol. The van der Waals surface area contributed by atoms with Crippen LogP contribution in [0.4, 0.5) is 0 Å². The van der Waals surface area contributed by atoms with Crippen molar-refractivity contribution in [2.24, 2.45) is 0 Å². The molecule has 0 saturated carbocycles. The Hall–Kier alpha value is -0.915. The SMILES string of the molecule is COCCOCCOCc1cccc(B(O)O)c1. The van der Waals surface area contributed by atoms with Gasteiger partial charge in [-0.15, -0.1) is 0 Å². The van der Waals surface area contributed by atoms with Gasteiger partial charge < -0.3 is 24.3 Å². The van der Waals surface area contributed by atoms with Crippen molar-refractivity contribution in [3.8, 4) is 0 Å². The summed E-state index contributed by atoms with van der Waals surface area (Å²) in [5.41, 5.74) is 1.37. The minimum Gasteiger partial charge on any atom is -0.423 e. The van der Waals surface area contributed by atoms with Crippen molar-refractivity contribution in [2.75, 3.05) is 33.5 Å². The summed E-state index contributed by atoms with van der Waals surface area (Å²) in [6.07, 6.45) is 0. The second kappa shape index (κ2) is 9.07. The van der Waals surface area contributed by atoms with E-state index in [1.165, 1.54) is 0 Å². The highest BCUT2D eigenvalue weighted by atomic mass is 16.5. The molecule has 6 heteroatoms. The van der Waals surface area contributed by atoms with Crippen LogP contribution in [0, 0.1) is 0 Å². The van der Waals surface area contributed by atoms with Gasteiger partial charge >= 0.3 is 7.12 Å². The normalized spacial score (nSPS) is 10.6. The Labute approximate surface area is 107 Å². The van der Waals surface area contributed by atoms with Crippen LogP contribution in [0.2, 0.25) is 0 Å². The van der Waals surface area contributed by atoms with Gasteiger partial charge in [-0.25, -0.2) is 0 Å². The summed E-state index contributed by atoms with van der Waals surface area (Å²) in [6, 6.07) is 7.00. The Morgan fingerprint density at radius 3 is 2.50 bits per heavy atom. The van der Waals surface area contributed by atoms with E-state index in [0.29, 0.717) is 38.5 Å². The van der Waals surface area contributed by atoms with E-state index in [0.717, 1.165) is 5.56 Å². The lowest BCUT2D eigenvalue weighted by Crippen LogP contribution is -2.29. The number of rotatable bonds is 9. The lowest BCUT2D eigenvalue weighted by atomic mass is 9.80. The highest BCUT2D eigenvalue weighted by Crippen LogP contribution is 1.99. The molecule has 0 saturated heterocycles.